The first kappa shape index (κ1) is 9.80. The van der Waals surface area contributed by atoms with Crippen LogP contribution in [0, 0.1) is 0 Å². The number of rotatable bonds is 3. The normalized spacial score (nSPS) is 12.3. The molecule has 76 valence electrons. The highest BCUT2D eigenvalue weighted by atomic mass is 16.3. The third-order valence-corrected chi connectivity index (χ3v) is 2.26. The Morgan fingerprint density at radius 2 is 1.87 bits per heavy atom. The number of aromatic nitrogens is 2. The molecule has 2 rings (SSSR count). The van der Waals surface area contributed by atoms with Gasteiger partial charge in [-0.05, 0) is 11.6 Å². The first-order valence-corrected chi connectivity index (χ1v) is 4.85. The van der Waals surface area contributed by atoms with Gasteiger partial charge >= 0.3 is 0 Å². The average molecular weight is 200 g/mol. The number of hydrogen-bond acceptors (Lipinski definition) is 3. The Morgan fingerprint density at radius 3 is 2.53 bits per heavy atom. The van der Waals surface area contributed by atoms with Gasteiger partial charge in [0.2, 0.25) is 0 Å². The summed E-state index contributed by atoms with van der Waals surface area (Å²) in [6.07, 6.45) is 3.27. The fourth-order valence-electron chi connectivity index (χ4n) is 1.45. The number of aliphatic hydroxyl groups excluding tert-OH is 1. The molecule has 1 aromatic heterocycles. The van der Waals surface area contributed by atoms with Crippen LogP contribution in [0.25, 0.3) is 0 Å². The molecule has 0 aliphatic carbocycles. The molecule has 3 nitrogen and oxygen atoms in total. The van der Waals surface area contributed by atoms with Crippen LogP contribution in [0.4, 0.5) is 0 Å². The predicted octanol–water partition coefficient (Wildman–Crippen LogP) is 1.75. The second-order valence-electron chi connectivity index (χ2n) is 3.38. The van der Waals surface area contributed by atoms with E-state index >= 15 is 0 Å². The molecule has 1 heterocycles. The van der Waals surface area contributed by atoms with Crippen LogP contribution in [0.15, 0.2) is 48.8 Å². The van der Waals surface area contributed by atoms with Crippen molar-refractivity contribution in [1.82, 2.24) is 10.2 Å². The molecule has 0 spiro atoms. The van der Waals surface area contributed by atoms with Gasteiger partial charge in [0, 0.05) is 18.2 Å². The van der Waals surface area contributed by atoms with Crippen molar-refractivity contribution >= 4 is 0 Å². The highest BCUT2D eigenvalue weighted by Crippen LogP contribution is 2.16. The van der Waals surface area contributed by atoms with Crippen LogP contribution in [-0.2, 0) is 6.42 Å². The van der Waals surface area contributed by atoms with Gasteiger partial charge in [-0.3, -0.25) is 0 Å². The highest BCUT2D eigenvalue weighted by Gasteiger charge is 2.07. The van der Waals surface area contributed by atoms with Crippen LogP contribution in [0.2, 0.25) is 0 Å². The van der Waals surface area contributed by atoms with E-state index in [0.717, 1.165) is 11.1 Å². The largest absolute Gasteiger partial charge is 0.388 e. The lowest BCUT2D eigenvalue weighted by molar-refractivity contribution is 0.178. The van der Waals surface area contributed by atoms with Crippen LogP contribution in [0.5, 0.6) is 0 Å². The fraction of sp³-hybridized carbons (Fsp3) is 0.167. The van der Waals surface area contributed by atoms with Crippen LogP contribution >= 0.6 is 0 Å². The molecule has 1 unspecified atom stereocenters. The van der Waals surface area contributed by atoms with Gasteiger partial charge in [-0.1, -0.05) is 30.3 Å². The summed E-state index contributed by atoms with van der Waals surface area (Å²) in [4.78, 5) is 0. The molecule has 0 radical (unpaired) electrons. The minimum atomic E-state index is -0.511. The van der Waals surface area contributed by atoms with Gasteiger partial charge in [0.1, 0.15) is 0 Å². The summed E-state index contributed by atoms with van der Waals surface area (Å²) < 4.78 is 0. The quantitative estimate of drug-likeness (QED) is 0.821. The van der Waals surface area contributed by atoms with Crippen molar-refractivity contribution in [1.29, 1.82) is 0 Å². The zero-order valence-electron chi connectivity index (χ0n) is 8.24. The topological polar surface area (TPSA) is 46.0 Å². The zero-order valence-corrected chi connectivity index (χ0v) is 8.24. The van der Waals surface area contributed by atoms with Crippen molar-refractivity contribution in [3.63, 3.8) is 0 Å². The third-order valence-electron chi connectivity index (χ3n) is 2.26. The first-order chi connectivity index (χ1) is 7.36. The molecule has 0 saturated carbocycles. The minimum Gasteiger partial charge on any atom is -0.388 e. The van der Waals surface area contributed by atoms with Crippen LogP contribution in [0.3, 0.4) is 0 Å². The van der Waals surface area contributed by atoms with Crippen molar-refractivity contribution in [3.8, 4) is 0 Å². The molecule has 1 aromatic carbocycles. The maximum atomic E-state index is 9.91. The Labute approximate surface area is 88.4 Å². The summed E-state index contributed by atoms with van der Waals surface area (Å²) in [5, 5.41) is 17.3. The van der Waals surface area contributed by atoms with Gasteiger partial charge in [-0.25, -0.2) is 0 Å². The fourth-order valence-corrected chi connectivity index (χ4v) is 1.45. The van der Waals surface area contributed by atoms with Crippen molar-refractivity contribution in [2.24, 2.45) is 0 Å². The minimum absolute atomic E-state index is 0.511. The van der Waals surface area contributed by atoms with Gasteiger partial charge in [0.05, 0.1) is 12.3 Å². The summed E-state index contributed by atoms with van der Waals surface area (Å²) in [6, 6.07) is 11.7. The number of benzene rings is 1. The Kier molecular flexibility index (Phi) is 3.05. The molecule has 3 heteroatoms. The van der Waals surface area contributed by atoms with E-state index in [-0.39, 0.29) is 0 Å². The first-order valence-electron chi connectivity index (χ1n) is 4.85. The lowest BCUT2D eigenvalue weighted by Crippen LogP contribution is -2.02. The molecule has 1 N–H and O–H groups in total. The van der Waals surface area contributed by atoms with Gasteiger partial charge in [0.15, 0.2) is 0 Å². The molecular formula is C12H12N2O. The maximum Gasteiger partial charge on any atom is 0.0846 e. The van der Waals surface area contributed by atoms with Crippen molar-refractivity contribution in [3.05, 3.63) is 59.9 Å². The standard InChI is InChI=1S/C12H12N2O/c15-12(11-6-7-13-14-9-11)8-10-4-2-1-3-5-10/h1-7,9,12,15H,8H2. The predicted molar refractivity (Wildman–Crippen MR) is 57.1 cm³/mol. The summed E-state index contributed by atoms with van der Waals surface area (Å²) >= 11 is 0. The summed E-state index contributed by atoms with van der Waals surface area (Å²) in [5.41, 5.74) is 1.91. The van der Waals surface area contributed by atoms with E-state index < -0.39 is 6.10 Å². The van der Waals surface area contributed by atoms with E-state index in [0.29, 0.717) is 6.42 Å². The van der Waals surface area contributed by atoms with Crippen LogP contribution in [0.1, 0.15) is 17.2 Å². The molecule has 15 heavy (non-hydrogen) atoms. The van der Waals surface area contributed by atoms with E-state index in [1.165, 1.54) is 0 Å². The molecule has 0 amide bonds. The summed E-state index contributed by atoms with van der Waals surface area (Å²) in [5.74, 6) is 0. The van der Waals surface area contributed by atoms with Crippen molar-refractivity contribution in [2.75, 3.05) is 0 Å². The lowest BCUT2D eigenvalue weighted by atomic mass is 10.0. The lowest BCUT2D eigenvalue weighted by Gasteiger charge is -2.09. The zero-order chi connectivity index (χ0) is 10.5. The van der Waals surface area contributed by atoms with E-state index in [1.807, 2.05) is 30.3 Å². The number of aliphatic hydroxyl groups is 1. The van der Waals surface area contributed by atoms with Gasteiger partial charge in [-0.15, -0.1) is 0 Å². The second kappa shape index (κ2) is 4.66. The molecule has 2 aromatic rings. The van der Waals surface area contributed by atoms with Crippen molar-refractivity contribution in [2.45, 2.75) is 12.5 Å². The van der Waals surface area contributed by atoms with Gasteiger partial charge in [0.25, 0.3) is 0 Å². The monoisotopic (exact) mass is 200 g/mol. The van der Waals surface area contributed by atoms with E-state index in [2.05, 4.69) is 10.2 Å². The molecule has 1 atom stereocenters. The number of hydrogen-bond donors (Lipinski definition) is 1. The third kappa shape index (κ3) is 2.60. The van der Waals surface area contributed by atoms with Crippen LogP contribution < -0.4 is 0 Å². The highest BCUT2D eigenvalue weighted by molar-refractivity contribution is 5.19. The van der Waals surface area contributed by atoms with Crippen LogP contribution in [-0.4, -0.2) is 15.3 Å². The Balaban J connectivity index is 2.08. The Morgan fingerprint density at radius 1 is 1.07 bits per heavy atom. The van der Waals surface area contributed by atoms with E-state index in [9.17, 15) is 5.11 Å². The van der Waals surface area contributed by atoms with Gasteiger partial charge < -0.3 is 5.11 Å². The van der Waals surface area contributed by atoms with E-state index in [1.54, 1.807) is 18.5 Å². The SMILES string of the molecule is OC(Cc1ccccc1)c1ccnnc1. The number of nitrogens with zero attached hydrogens (tertiary/aromatic N) is 2. The molecule has 0 bridgehead atoms. The maximum absolute atomic E-state index is 9.91. The second-order valence-corrected chi connectivity index (χ2v) is 3.38. The smallest absolute Gasteiger partial charge is 0.0846 e. The molecule has 0 aliphatic heterocycles. The molecule has 0 fully saturated rings. The molecular weight excluding hydrogens is 188 g/mol. The average Bonchev–Trinajstić information content (AvgIpc) is 2.31. The molecule has 0 aliphatic rings. The molecule has 0 saturated heterocycles. The Bertz CT molecular complexity index is 402. The summed E-state index contributed by atoms with van der Waals surface area (Å²) in [6.45, 7) is 0. The Hall–Kier alpha value is -1.74. The van der Waals surface area contributed by atoms with Gasteiger partial charge in [-0.2, -0.15) is 10.2 Å². The summed E-state index contributed by atoms with van der Waals surface area (Å²) in [7, 11) is 0. The van der Waals surface area contributed by atoms with Crippen molar-refractivity contribution < 1.29 is 5.11 Å². The van der Waals surface area contributed by atoms with E-state index in [4.69, 9.17) is 0 Å².